The summed E-state index contributed by atoms with van der Waals surface area (Å²) in [6.07, 6.45) is 0.825. The number of carbonyl (C=O) groups excluding carboxylic acids is 1. The molecular formula is C8H19N3O2S. The number of aliphatic hydroxyl groups excluding tert-OH is 1. The van der Waals surface area contributed by atoms with E-state index in [-0.39, 0.29) is 6.61 Å². The highest BCUT2D eigenvalue weighted by atomic mass is 32.2. The summed E-state index contributed by atoms with van der Waals surface area (Å²) in [5, 5.41) is 11.5. The molecular weight excluding hydrogens is 202 g/mol. The van der Waals surface area contributed by atoms with Crippen molar-refractivity contribution in [2.24, 2.45) is 11.5 Å². The van der Waals surface area contributed by atoms with Gasteiger partial charge in [-0.15, -0.1) is 0 Å². The Morgan fingerprint density at radius 2 is 2.21 bits per heavy atom. The highest BCUT2D eigenvalue weighted by Crippen LogP contribution is 1.99. The Morgan fingerprint density at radius 1 is 1.50 bits per heavy atom. The molecule has 0 aromatic rings. The fraction of sp³-hybridized carbons (Fsp3) is 0.875. The second-order valence-electron chi connectivity index (χ2n) is 2.90. The summed E-state index contributed by atoms with van der Waals surface area (Å²) in [4.78, 5) is 10.5. The van der Waals surface area contributed by atoms with Gasteiger partial charge in [-0.2, -0.15) is 11.8 Å². The van der Waals surface area contributed by atoms with Crippen LogP contribution in [0.25, 0.3) is 0 Å². The molecule has 1 unspecified atom stereocenters. The van der Waals surface area contributed by atoms with Crippen LogP contribution in [0, 0.1) is 0 Å². The van der Waals surface area contributed by atoms with Gasteiger partial charge in [0.05, 0.1) is 6.04 Å². The summed E-state index contributed by atoms with van der Waals surface area (Å²) in [5.74, 6) is 1.43. The van der Waals surface area contributed by atoms with Crippen LogP contribution in [0.1, 0.15) is 6.42 Å². The smallest absolute Gasteiger partial charge is 0.235 e. The Balaban J connectivity index is 3.09. The first-order valence-electron chi connectivity index (χ1n) is 4.62. The van der Waals surface area contributed by atoms with E-state index in [1.54, 1.807) is 11.8 Å². The van der Waals surface area contributed by atoms with E-state index >= 15 is 0 Å². The van der Waals surface area contributed by atoms with Gasteiger partial charge in [-0.1, -0.05) is 0 Å². The predicted octanol–water partition coefficient (Wildman–Crippen LogP) is -1.50. The molecule has 0 aromatic heterocycles. The second-order valence-corrected chi connectivity index (χ2v) is 4.13. The van der Waals surface area contributed by atoms with Gasteiger partial charge in [-0.05, 0) is 12.2 Å². The number of thioether (sulfide) groups is 1. The Morgan fingerprint density at radius 3 is 2.79 bits per heavy atom. The van der Waals surface area contributed by atoms with E-state index in [4.69, 9.17) is 16.6 Å². The normalized spacial score (nSPS) is 12.7. The maximum Gasteiger partial charge on any atom is 0.235 e. The molecule has 0 heterocycles. The van der Waals surface area contributed by atoms with Gasteiger partial charge in [0.15, 0.2) is 0 Å². The monoisotopic (exact) mass is 221 g/mol. The molecule has 0 saturated heterocycles. The Kier molecular flexibility index (Phi) is 9.06. The van der Waals surface area contributed by atoms with Gasteiger partial charge in [-0.25, -0.2) is 0 Å². The first-order chi connectivity index (χ1) is 6.68. The van der Waals surface area contributed by atoms with Gasteiger partial charge >= 0.3 is 0 Å². The van der Waals surface area contributed by atoms with Crippen LogP contribution in [0.5, 0.6) is 0 Å². The number of aliphatic hydroxyl groups is 1. The van der Waals surface area contributed by atoms with Crippen molar-refractivity contribution in [1.82, 2.24) is 5.32 Å². The van der Waals surface area contributed by atoms with Crippen LogP contribution < -0.4 is 16.8 Å². The maximum atomic E-state index is 10.5. The molecule has 0 bridgehead atoms. The average Bonchev–Trinajstić information content (AvgIpc) is 2.16. The molecule has 6 N–H and O–H groups in total. The summed E-state index contributed by atoms with van der Waals surface area (Å²) in [6, 6.07) is -0.600. The molecule has 0 rings (SSSR count). The molecule has 84 valence electrons. The minimum absolute atomic E-state index is 0.243. The quantitative estimate of drug-likeness (QED) is 0.355. The molecule has 14 heavy (non-hydrogen) atoms. The fourth-order valence-electron chi connectivity index (χ4n) is 0.771. The summed E-state index contributed by atoms with van der Waals surface area (Å²) >= 11 is 1.76. The molecule has 0 aliphatic rings. The summed E-state index contributed by atoms with van der Waals surface area (Å²) in [7, 11) is 0. The largest absolute Gasteiger partial charge is 0.396 e. The third-order valence-electron chi connectivity index (χ3n) is 1.60. The number of nitrogens with one attached hydrogen (secondary N) is 1. The Hall–Kier alpha value is -0.300. The van der Waals surface area contributed by atoms with Gasteiger partial charge in [0.25, 0.3) is 0 Å². The van der Waals surface area contributed by atoms with E-state index in [9.17, 15) is 4.79 Å². The average molecular weight is 221 g/mol. The molecule has 5 nitrogen and oxygen atoms in total. The Bertz CT molecular complexity index is 158. The van der Waals surface area contributed by atoms with Gasteiger partial charge in [0.1, 0.15) is 0 Å². The molecule has 0 aromatic carbocycles. The second kappa shape index (κ2) is 9.26. The van der Waals surface area contributed by atoms with Gasteiger partial charge < -0.3 is 21.9 Å². The van der Waals surface area contributed by atoms with Crippen LogP contribution in [0.4, 0.5) is 0 Å². The number of hydrogen-bond acceptors (Lipinski definition) is 5. The summed E-state index contributed by atoms with van der Waals surface area (Å²) < 4.78 is 0. The van der Waals surface area contributed by atoms with Crippen molar-refractivity contribution < 1.29 is 9.90 Å². The maximum absolute atomic E-state index is 10.5. The lowest BCUT2D eigenvalue weighted by Crippen LogP contribution is -2.44. The highest BCUT2D eigenvalue weighted by Gasteiger charge is 2.06. The van der Waals surface area contributed by atoms with E-state index in [0.717, 1.165) is 24.5 Å². The minimum atomic E-state index is -0.600. The number of primary amides is 1. The van der Waals surface area contributed by atoms with Crippen molar-refractivity contribution in [3.63, 3.8) is 0 Å². The van der Waals surface area contributed by atoms with Gasteiger partial charge in [-0.3, -0.25) is 4.79 Å². The van der Waals surface area contributed by atoms with Crippen LogP contribution in [0.15, 0.2) is 0 Å². The highest BCUT2D eigenvalue weighted by molar-refractivity contribution is 7.99. The van der Waals surface area contributed by atoms with E-state index in [1.807, 2.05) is 0 Å². The SMILES string of the molecule is NC(=O)C(N)CNCCSCCCO. The van der Waals surface area contributed by atoms with E-state index in [2.05, 4.69) is 5.32 Å². The zero-order valence-corrected chi connectivity index (χ0v) is 9.05. The molecule has 0 aliphatic heterocycles. The lowest BCUT2D eigenvalue weighted by Gasteiger charge is -2.08. The van der Waals surface area contributed by atoms with Crippen LogP contribution in [-0.2, 0) is 4.79 Å². The van der Waals surface area contributed by atoms with Crippen molar-refractivity contribution in [2.75, 3.05) is 31.2 Å². The lowest BCUT2D eigenvalue weighted by molar-refractivity contribution is -0.119. The van der Waals surface area contributed by atoms with Crippen LogP contribution >= 0.6 is 11.8 Å². The zero-order valence-electron chi connectivity index (χ0n) is 8.24. The molecule has 6 heteroatoms. The van der Waals surface area contributed by atoms with Crippen LogP contribution in [0.3, 0.4) is 0 Å². The third-order valence-corrected chi connectivity index (χ3v) is 2.67. The van der Waals surface area contributed by atoms with E-state index in [1.165, 1.54) is 0 Å². The molecule has 0 spiro atoms. The van der Waals surface area contributed by atoms with Gasteiger partial charge in [0.2, 0.25) is 5.91 Å². The molecule has 0 fully saturated rings. The molecule has 0 aliphatic carbocycles. The van der Waals surface area contributed by atoms with Gasteiger partial charge in [0, 0.05) is 25.4 Å². The number of hydrogen-bond donors (Lipinski definition) is 4. The molecule has 0 saturated carbocycles. The van der Waals surface area contributed by atoms with E-state index in [0.29, 0.717) is 6.54 Å². The molecule has 0 radical (unpaired) electrons. The summed E-state index contributed by atoms with van der Waals surface area (Å²) in [5.41, 5.74) is 10.4. The molecule has 1 atom stereocenters. The zero-order chi connectivity index (χ0) is 10.8. The minimum Gasteiger partial charge on any atom is -0.396 e. The number of rotatable bonds is 9. The number of nitrogens with two attached hydrogens (primary N) is 2. The summed E-state index contributed by atoms with van der Waals surface area (Å²) in [6.45, 7) is 1.47. The van der Waals surface area contributed by atoms with Crippen molar-refractivity contribution in [1.29, 1.82) is 0 Å². The van der Waals surface area contributed by atoms with E-state index < -0.39 is 11.9 Å². The Labute approximate surface area is 88.6 Å². The molecule has 1 amide bonds. The first kappa shape index (κ1) is 13.7. The standard InChI is InChI=1S/C8H19N3O2S/c9-7(8(10)13)6-11-2-5-14-4-1-3-12/h7,11-12H,1-6,9H2,(H2,10,13). The number of carbonyl (C=O) groups is 1. The lowest BCUT2D eigenvalue weighted by atomic mass is 10.3. The van der Waals surface area contributed by atoms with Crippen molar-refractivity contribution in [2.45, 2.75) is 12.5 Å². The topological polar surface area (TPSA) is 101 Å². The first-order valence-corrected chi connectivity index (χ1v) is 5.78. The van der Waals surface area contributed by atoms with Crippen molar-refractivity contribution >= 4 is 17.7 Å². The van der Waals surface area contributed by atoms with Crippen molar-refractivity contribution in [3.8, 4) is 0 Å². The number of amides is 1. The van der Waals surface area contributed by atoms with Crippen molar-refractivity contribution in [3.05, 3.63) is 0 Å². The predicted molar refractivity (Wildman–Crippen MR) is 59.1 cm³/mol. The third kappa shape index (κ3) is 8.31. The van der Waals surface area contributed by atoms with Crippen LogP contribution in [0.2, 0.25) is 0 Å². The van der Waals surface area contributed by atoms with Crippen LogP contribution in [-0.4, -0.2) is 48.3 Å². The fourth-order valence-corrected chi connectivity index (χ4v) is 1.60.